The summed E-state index contributed by atoms with van der Waals surface area (Å²) in [7, 11) is 0. The molecule has 360 valence electrons. The van der Waals surface area contributed by atoms with E-state index in [9.17, 15) is 19.8 Å². The van der Waals surface area contributed by atoms with Gasteiger partial charge in [-0.1, -0.05) is 237 Å². The Morgan fingerprint density at radius 3 is 1.16 bits per heavy atom. The number of amides is 1. The second kappa shape index (κ2) is 51.0. The fourth-order valence-electron chi connectivity index (χ4n) is 8.27. The minimum absolute atomic E-state index is 0.0199. The first kappa shape index (κ1) is 59.3. The summed E-state index contributed by atoms with van der Waals surface area (Å²) in [6.07, 6.45) is 60.5. The van der Waals surface area contributed by atoms with Gasteiger partial charge in [0, 0.05) is 12.8 Å². The van der Waals surface area contributed by atoms with E-state index in [0.29, 0.717) is 19.4 Å². The van der Waals surface area contributed by atoms with Crippen molar-refractivity contribution in [2.24, 2.45) is 0 Å². The molecular formula is C55H105NO5. The summed E-state index contributed by atoms with van der Waals surface area (Å²) >= 11 is 0. The number of esters is 1. The molecule has 2 unspecified atom stereocenters. The lowest BCUT2D eigenvalue weighted by atomic mass is 10.0. The van der Waals surface area contributed by atoms with Gasteiger partial charge in [-0.2, -0.15) is 0 Å². The van der Waals surface area contributed by atoms with Crippen LogP contribution in [-0.4, -0.2) is 47.4 Å². The zero-order chi connectivity index (χ0) is 44.4. The van der Waals surface area contributed by atoms with Gasteiger partial charge in [-0.25, -0.2) is 0 Å². The molecule has 61 heavy (non-hydrogen) atoms. The number of hydrogen-bond donors (Lipinski definition) is 3. The summed E-state index contributed by atoms with van der Waals surface area (Å²) in [5.41, 5.74) is 0. The zero-order valence-corrected chi connectivity index (χ0v) is 40.9. The van der Waals surface area contributed by atoms with Crippen molar-refractivity contribution < 1.29 is 24.5 Å². The normalized spacial score (nSPS) is 12.8. The number of rotatable bonds is 50. The van der Waals surface area contributed by atoms with E-state index in [1.165, 1.54) is 186 Å². The predicted molar refractivity (Wildman–Crippen MR) is 264 cm³/mol. The molecular weight excluding hydrogens is 755 g/mol. The Morgan fingerprint density at radius 1 is 0.443 bits per heavy atom. The Kier molecular flexibility index (Phi) is 49.6. The van der Waals surface area contributed by atoms with Crippen LogP contribution in [0.15, 0.2) is 24.3 Å². The van der Waals surface area contributed by atoms with Crippen LogP contribution in [0.4, 0.5) is 0 Å². The quantitative estimate of drug-likeness (QED) is 0.0322. The Balaban J connectivity index is 3.49. The number of nitrogens with one attached hydrogen (secondary N) is 1. The first-order valence-electron chi connectivity index (χ1n) is 27.1. The number of unbranched alkanes of at least 4 members (excludes halogenated alkanes) is 37. The van der Waals surface area contributed by atoms with E-state index in [2.05, 4.69) is 31.3 Å². The Hall–Kier alpha value is -1.66. The van der Waals surface area contributed by atoms with Crippen molar-refractivity contribution in [3.05, 3.63) is 24.3 Å². The average Bonchev–Trinajstić information content (AvgIpc) is 3.26. The Morgan fingerprint density at radius 2 is 0.770 bits per heavy atom. The van der Waals surface area contributed by atoms with E-state index >= 15 is 0 Å². The van der Waals surface area contributed by atoms with E-state index in [-0.39, 0.29) is 18.5 Å². The molecule has 0 fully saturated rings. The molecule has 0 aliphatic rings. The van der Waals surface area contributed by atoms with Gasteiger partial charge < -0.3 is 20.3 Å². The van der Waals surface area contributed by atoms with Gasteiger partial charge >= 0.3 is 5.97 Å². The predicted octanol–water partition coefficient (Wildman–Crippen LogP) is 16.3. The van der Waals surface area contributed by atoms with Crippen LogP contribution >= 0.6 is 0 Å². The van der Waals surface area contributed by atoms with Crippen LogP contribution in [0.2, 0.25) is 0 Å². The van der Waals surface area contributed by atoms with Crippen LogP contribution in [0, 0.1) is 0 Å². The molecule has 3 N–H and O–H groups in total. The third-order valence-electron chi connectivity index (χ3n) is 12.5. The summed E-state index contributed by atoms with van der Waals surface area (Å²) in [4.78, 5) is 24.5. The van der Waals surface area contributed by atoms with Crippen molar-refractivity contribution in [1.82, 2.24) is 5.32 Å². The lowest BCUT2D eigenvalue weighted by Crippen LogP contribution is -2.45. The second-order valence-electron chi connectivity index (χ2n) is 18.6. The van der Waals surface area contributed by atoms with E-state index in [1.54, 1.807) is 6.08 Å². The number of carbonyl (C=O) groups excluding carboxylic acids is 2. The van der Waals surface area contributed by atoms with Gasteiger partial charge in [0.15, 0.2) is 0 Å². The number of aliphatic hydroxyl groups excluding tert-OH is 2. The third-order valence-corrected chi connectivity index (χ3v) is 12.5. The maximum absolute atomic E-state index is 12.4. The fraction of sp³-hybridized carbons (Fsp3) is 0.891. The molecule has 0 aliphatic heterocycles. The van der Waals surface area contributed by atoms with Gasteiger partial charge in [0.25, 0.3) is 0 Å². The molecule has 0 aromatic rings. The summed E-state index contributed by atoms with van der Waals surface area (Å²) in [5.74, 6) is -0.113. The van der Waals surface area contributed by atoms with E-state index in [4.69, 9.17) is 4.74 Å². The molecule has 0 bridgehead atoms. The molecule has 0 spiro atoms. The maximum atomic E-state index is 12.4. The largest absolute Gasteiger partial charge is 0.466 e. The molecule has 6 heteroatoms. The van der Waals surface area contributed by atoms with Crippen molar-refractivity contribution in [3.63, 3.8) is 0 Å². The molecule has 0 radical (unpaired) electrons. The van der Waals surface area contributed by atoms with Gasteiger partial charge in [-0.05, 0) is 64.2 Å². The van der Waals surface area contributed by atoms with Gasteiger partial charge in [0.05, 0.1) is 25.4 Å². The van der Waals surface area contributed by atoms with E-state index in [1.807, 2.05) is 6.08 Å². The van der Waals surface area contributed by atoms with Crippen molar-refractivity contribution in [1.29, 1.82) is 0 Å². The number of ether oxygens (including phenoxy) is 1. The summed E-state index contributed by atoms with van der Waals surface area (Å²) in [6, 6.07) is -0.645. The standard InChI is InChI=1S/C55H105NO5/c1-3-5-7-9-11-13-15-17-18-19-20-21-22-24-29-33-37-41-45-49-55(60)61-50-46-42-38-34-30-26-25-28-32-36-40-44-48-54(59)56-52(51-57)53(58)47-43-39-35-31-27-23-16-14-12-10-8-6-4-2/h26,30,43,47,52-53,57-58H,3-25,27-29,31-42,44-46,48-51H2,1-2H3,(H,56,59)/b30-26-,47-43+. The minimum Gasteiger partial charge on any atom is -0.466 e. The Labute approximate surface area is 380 Å². The lowest BCUT2D eigenvalue weighted by Gasteiger charge is -2.20. The highest BCUT2D eigenvalue weighted by atomic mass is 16.5. The van der Waals surface area contributed by atoms with Gasteiger partial charge in [-0.3, -0.25) is 9.59 Å². The summed E-state index contributed by atoms with van der Waals surface area (Å²) in [6.45, 7) is 4.85. The maximum Gasteiger partial charge on any atom is 0.305 e. The molecule has 0 aliphatic carbocycles. The highest BCUT2D eigenvalue weighted by Crippen LogP contribution is 2.16. The van der Waals surface area contributed by atoms with Crippen molar-refractivity contribution in [2.45, 2.75) is 302 Å². The second-order valence-corrected chi connectivity index (χ2v) is 18.6. The van der Waals surface area contributed by atoms with Crippen molar-refractivity contribution in [3.8, 4) is 0 Å². The van der Waals surface area contributed by atoms with Crippen LogP contribution in [0.1, 0.15) is 290 Å². The van der Waals surface area contributed by atoms with E-state index < -0.39 is 12.1 Å². The van der Waals surface area contributed by atoms with Crippen LogP contribution in [0.3, 0.4) is 0 Å². The molecule has 0 saturated carbocycles. The van der Waals surface area contributed by atoms with Crippen molar-refractivity contribution >= 4 is 11.9 Å². The summed E-state index contributed by atoms with van der Waals surface area (Å²) < 4.78 is 5.46. The minimum atomic E-state index is -0.859. The highest BCUT2D eigenvalue weighted by molar-refractivity contribution is 5.76. The topological polar surface area (TPSA) is 95.9 Å². The molecule has 0 aromatic carbocycles. The fourth-order valence-corrected chi connectivity index (χ4v) is 8.27. The Bertz CT molecular complexity index is 951. The molecule has 0 saturated heterocycles. The molecule has 0 aromatic heterocycles. The molecule has 0 heterocycles. The van der Waals surface area contributed by atoms with E-state index in [0.717, 1.165) is 77.0 Å². The number of carbonyl (C=O) groups is 2. The number of allylic oxidation sites excluding steroid dienone is 3. The van der Waals surface area contributed by atoms with Crippen LogP contribution in [-0.2, 0) is 14.3 Å². The third kappa shape index (κ3) is 47.7. The SMILES string of the molecule is CCCCCCCCCCCCC/C=C/C(O)C(CO)NC(=O)CCCCCCC/C=C\CCCCCOC(=O)CCCCCCCCCCCCCCCCCCCCC. The van der Waals surface area contributed by atoms with Gasteiger partial charge in [-0.15, -0.1) is 0 Å². The molecule has 1 amide bonds. The van der Waals surface area contributed by atoms with Crippen LogP contribution in [0.25, 0.3) is 0 Å². The number of aliphatic hydroxyl groups is 2. The molecule has 2 atom stereocenters. The lowest BCUT2D eigenvalue weighted by molar-refractivity contribution is -0.143. The first-order valence-corrected chi connectivity index (χ1v) is 27.1. The van der Waals surface area contributed by atoms with Crippen molar-refractivity contribution in [2.75, 3.05) is 13.2 Å². The molecule has 6 nitrogen and oxygen atoms in total. The van der Waals surface area contributed by atoms with Crippen LogP contribution < -0.4 is 5.32 Å². The zero-order valence-electron chi connectivity index (χ0n) is 40.9. The molecule has 0 rings (SSSR count). The smallest absolute Gasteiger partial charge is 0.305 e. The monoisotopic (exact) mass is 860 g/mol. The average molecular weight is 860 g/mol. The number of hydrogen-bond acceptors (Lipinski definition) is 5. The first-order chi connectivity index (χ1) is 30.0. The van der Waals surface area contributed by atoms with Gasteiger partial charge in [0.2, 0.25) is 5.91 Å². The highest BCUT2D eigenvalue weighted by Gasteiger charge is 2.18. The summed E-state index contributed by atoms with van der Waals surface area (Å²) in [5, 5.41) is 23.0. The van der Waals surface area contributed by atoms with Crippen LogP contribution in [0.5, 0.6) is 0 Å². The van der Waals surface area contributed by atoms with Gasteiger partial charge in [0.1, 0.15) is 0 Å².